The summed E-state index contributed by atoms with van der Waals surface area (Å²) in [6.45, 7) is 4.75. The Morgan fingerprint density at radius 3 is 2.70 bits per heavy atom. The number of phenols is 1. The van der Waals surface area contributed by atoms with Gasteiger partial charge in [0.25, 0.3) is 0 Å². The number of hydrogen-bond donors (Lipinski definition) is 1. The van der Waals surface area contributed by atoms with E-state index in [9.17, 15) is 13.5 Å². The van der Waals surface area contributed by atoms with Crippen molar-refractivity contribution in [3.63, 3.8) is 0 Å². The summed E-state index contributed by atoms with van der Waals surface area (Å²) in [7, 11) is -3.38. The highest BCUT2D eigenvalue weighted by atomic mass is 32.2. The number of phenolic OH excluding ortho intramolecular Hbond substituents is 1. The highest BCUT2D eigenvalue weighted by Crippen LogP contribution is 2.58. The molecule has 0 bridgehead atoms. The third kappa shape index (κ3) is 3.02. The standard InChI is InChI=1S/C20H24N2O4S/c1-19(2,27(3,24)25)16-10-17(20-7-8-26-12-14(20)11-20)22-18(21-16)13-5-4-6-15(23)9-13/h4-6,9-10,14,23H,7-8,11-12H2,1-3H3/t14-,20+/m0/s1. The Kier molecular flexibility index (Phi) is 4.09. The van der Waals surface area contributed by atoms with E-state index in [2.05, 4.69) is 4.98 Å². The SMILES string of the molecule is CC(C)(c1cc([C@@]23CCOC[C@@H]2C3)nc(-c2cccc(O)c2)n1)S(C)(=O)=O. The maximum atomic E-state index is 12.4. The van der Waals surface area contributed by atoms with Crippen LogP contribution in [0.5, 0.6) is 5.75 Å². The Morgan fingerprint density at radius 1 is 1.26 bits per heavy atom. The summed E-state index contributed by atoms with van der Waals surface area (Å²) in [6, 6.07) is 8.60. The van der Waals surface area contributed by atoms with E-state index in [1.807, 2.05) is 12.1 Å². The number of sulfone groups is 1. The molecule has 7 heteroatoms. The molecule has 2 fully saturated rings. The molecule has 2 aromatic rings. The predicted molar refractivity (Wildman–Crippen MR) is 102 cm³/mol. The second-order valence-electron chi connectivity index (χ2n) is 8.18. The van der Waals surface area contributed by atoms with E-state index >= 15 is 0 Å². The zero-order chi connectivity index (χ0) is 19.4. The smallest absolute Gasteiger partial charge is 0.159 e. The van der Waals surface area contributed by atoms with Gasteiger partial charge in [-0.25, -0.2) is 18.4 Å². The first-order chi connectivity index (χ1) is 12.6. The van der Waals surface area contributed by atoms with E-state index < -0.39 is 14.6 Å². The van der Waals surface area contributed by atoms with Gasteiger partial charge in [0.15, 0.2) is 15.7 Å². The highest BCUT2D eigenvalue weighted by Gasteiger charge is 2.58. The lowest BCUT2D eigenvalue weighted by Crippen LogP contribution is -2.31. The quantitative estimate of drug-likeness (QED) is 0.866. The minimum Gasteiger partial charge on any atom is -0.508 e. The first kappa shape index (κ1) is 18.4. The van der Waals surface area contributed by atoms with Crippen molar-refractivity contribution in [3.05, 3.63) is 41.7 Å². The molecule has 0 radical (unpaired) electrons. The summed E-state index contributed by atoms with van der Waals surface area (Å²) in [5.41, 5.74) is 1.99. The van der Waals surface area contributed by atoms with Crippen LogP contribution in [0.15, 0.2) is 30.3 Å². The van der Waals surface area contributed by atoms with Gasteiger partial charge in [0.05, 0.1) is 18.0 Å². The molecule has 27 heavy (non-hydrogen) atoms. The lowest BCUT2D eigenvalue weighted by molar-refractivity contribution is 0.0794. The minimum atomic E-state index is -3.38. The zero-order valence-corrected chi connectivity index (χ0v) is 16.6. The summed E-state index contributed by atoms with van der Waals surface area (Å²) < 4.78 is 29.3. The fraction of sp³-hybridized carbons (Fsp3) is 0.500. The van der Waals surface area contributed by atoms with Crippen molar-refractivity contribution in [1.29, 1.82) is 0 Å². The normalized spacial score (nSPS) is 25.1. The van der Waals surface area contributed by atoms with E-state index in [-0.39, 0.29) is 11.2 Å². The maximum absolute atomic E-state index is 12.4. The highest BCUT2D eigenvalue weighted by molar-refractivity contribution is 7.91. The van der Waals surface area contributed by atoms with E-state index in [1.165, 1.54) is 6.26 Å². The van der Waals surface area contributed by atoms with Gasteiger partial charge < -0.3 is 9.84 Å². The Morgan fingerprint density at radius 2 is 2.04 bits per heavy atom. The zero-order valence-electron chi connectivity index (χ0n) is 15.8. The van der Waals surface area contributed by atoms with Crippen LogP contribution < -0.4 is 0 Å². The summed E-state index contributed by atoms with van der Waals surface area (Å²) in [5, 5.41) is 9.84. The number of aromatic hydroxyl groups is 1. The Labute approximate surface area is 159 Å². The van der Waals surface area contributed by atoms with Gasteiger partial charge in [-0.3, -0.25) is 0 Å². The van der Waals surface area contributed by atoms with E-state index in [1.54, 1.807) is 32.0 Å². The fourth-order valence-electron chi connectivity index (χ4n) is 3.80. The first-order valence-corrected chi connectivity index (χ1v) is 11.0. The van der Waals surface area contributed by atoms with E-state index in [4.69, 9.17) is 9.72 Å². The molecule has 1 saturated carbocycles. The van der Waals surface area contributed by atoms with Crippen molar-refractivity contribution in [2.45, 2.75) is 36.9 Å². The van der Waals surface area contributed by atoms with Crippen molar-refractivity contribution in [3.8, 4) is 17.1 Å². The average Bonchev–Trinajstić information content (AvgIpc) is 3.36. The molecular formula is C20H24N2O4S. The molecule has 1 aromatic carbocycles. The van der Waals surface area contributed by atoms with Crippen molar-refractivity contribution in [1.82, 2.24) is 9.97 Å². The van der Waals surface area contributed by atoms with Gasteiger partial charge in [-0.1, -0.05) is 12.1 Å². The second-order valence-corrected chi connectivity index (χ2v) is 10.7. The molecule has 6 nitrogen and oxygen atoms in total. The molecular weight excluding hydrogens is 364 g/mol. The Bertz CT molecular complexity index is 1000. The molecule has 1 aromatic heterocycles. The monoisotopic (exact) mass is 388 g/mol. The van der Waals surface area contributed by atoms with Gasteiger partial charge in [-0.05, 0) is 50.8 Å². The van der Waals surface area contributed by atoms with Gasteiger partial charge in [0.1, 0.15) is 10.5 Å². The lowest BCUT2D eigenvalue weighted by atomic mass is 9.92. The maximum Gasteiger partial charge on any atom is 0.159 e. The van der Waals surface area contributed by atoms with E-state index in [0.29, 0.717) is 29.6 Å². The van der Waals surface area contributed by atoms with Crippen molar-refractivity contribution in [2.24, 2.45) is 5.92 Å². The molecule has 1 N–H and O–H groups in total. The van der Waals surface area contributed by atoms with Gasteiger partial charge in [-0.2, -0.15) is 0 Å². The van der Waals surface area contributed by atoms with Crippen LogP contribution in [0.2, 0.25) is 0 Å². The molecule has 1 aliphatic carbocycles. The lowest BCUT2D eigenvalue weighted by Gasteiger charge is -2.26. The average molecular weight is 388 g/mol. The van der Waals surface area contributed by atoms with E-state index in [0.717, 1.165) is 25.1 Å². The third-order valence-electron chi connectivity index (χ3n) is 6.13. The van der Waals surface area contributed by atoms with Crippen molar-refractivity contribution >= 4 is 9.84 Å². The van der Waals surface area contributed by atoms with Crippen LogP contribution in [-0.4, -0.2) is 43.0 Å². The summed E-state index contributed by atoms with van der Waals surface area (Å²) >= 11 is 0. The number of aromatic nitrogens is 2. The van der Waals surface area contributed by atoms with Crippen LogP contribution in [0.3, 0.4) is 0 Å². The summed E-state index contributed by atoms with van der Waals surface area (Å²) in [4.78, 5) is 9.40. The number of ether oxygens (including phenoxy) is 1. The van der Waals surface area contributed by atoms with Crippen LogP contribution in [0.25, 0.3) is 11.4 Å². The Balaban J connectivity index is 1.90. The number of rotatable bonds is 4. The number of hydrogen-bond acceptors (Lipinski definition) is 6. The van der Waals surface area contributed by atoms with Crippen LogP contribution >= 0.6 is 0 Å². The first-order valence-electron chi connectivity index (χ1n) is 9.10. The summed E-state index contributed by atoms with van der Waals surface area (Å²) in [5.74, 6) is 0.993. The molecule has 0 spiro atoms. The molecule has 2 aliphatic rings. The minimum absolute atomic E-state index is 0.0465. The number of fused-ring (bicyclic) bond motifs is 1. The third-order valence-corrected chi connectivity index (χ3v) is 8.19. The van der Waals surface area contributed by atoms with Crippen LogP contribution in [0.1, 0.15) is 38.1 Å². The molecule has 0 unspecified atom stereocenters. The molecule has 4 rings (SSSR count). The molecule has 1 saturated heterocycles. The van der Waals surface area contributed by atoms with Crippen LogP contribution in [0.4, 0.5) is 0 Å². The molecule has 0 amide bonds. The van der Waals surface area contributed by atoms with Crippen LogP contribution in [-0.2, 0) is 24.7 Å². The largest absolute Gasteiger partial charge is 0.508 e. The van der Waals surface area contributed by atoms with Gasteiger partial charge in [-0.15, -0.1) is 0 Å². The number of benzene rings is 1. The fourth-order valence-corrected chi connectivity index (χ4v) is 4.29. The van der Waals surface area contributed by atoms with Gasteiger partial charge >= 0.3 is 0 Å². The van der Waals surface area contributed by atoms with Crippen LogP contribution in [0, 0.1) is 5.92 Å². The molecule has 144 valence electrons. The second kappa shape index (κ2) is 6.01. The number of nitrogens with zero attached hydrogens (tertiary/aromatic N) is 2. The van der Waals surface area contributed by atoms with Crippen molar-refractivity contribution < 1.29 is 18.3 Å². The van der Waals surface area contributed by atoms with Gasteiger partial charge in [0, 0.05) is 23.8 Å². The van der Waals surface area contributed by atoms with Gasteiger partial charge in [0.2, 0.25) is 0 Å². The summed E-state index contributed by atoms with van der Waals surface area (Å²) in [6.07, 6.45) is 3.12. The molecule has 2 heterocycles. The Hall–Kier alpha value is -1.99. The predicted octanol–water partition coefficient (Wildman–Crippen LogP) is 2.81. The molecule has 1 aliphatic heterocycles. The topological polar surface area (TPSA) is 89.4 Å². The van der Waals surface area contributed by atoms with Crippen molar-refractivity contribution in [2.75, 3.05) is 19.5 Å². The molecule has 2 atom stereocenters.